The smallest absolute Gasteiger partial charge is 0.237 e. The molecule has 22 heavy (non-hydrogen) atoms. The van der Waals surface area contributed by atoms with Gasteiger partial charge >= 0.3 is 0 Å². The molecule has 1 aliphatic rings. The van der Waals surface area contributed by atoms with E-state index in [0.29, 0.717) is 16.1 Å². The van der Waals surface area contributed by atoms with E-state index in [0.717, 1.165) is 18.4 Å². The van der Waals surface area contributed by atoms with Crippen molar-refractivity contribution in [3.05, 3.63) is 33.8 Å². The van der Waals surface area contributed by atoms with Crippen LogP contribution >= 0.6 is 23.2 Å². The van der Waals surface area contributed by atoms with Gasteiger partial charge in [-0.05, 0) is 44.4 Å². The van der Waals surface area contributed by atoms with E-state index < -0.39 is 0 Å². The van der Waals surface area contributed by atoms with Gasteiger partial charge < -0.3 is 5.32 Å². The second-order valence-corrected chi connectivity index (χ2v) is 6.96. The monoisotopic (exact) mass is 342 g/mol. The van der Waals surface area contributed by atoms with E-state index in [1.165, 1.54) is 19.3 Å². The molecule has 1 fully saturated rings. The molecular formula is C17H24Cl2N2O. The second-order valence-electron chi connectivity index (χ2n) is 6.12. The van der Waals surface area contributed by atoms with E-state index in [9.17, 15) is 4.79 Å². The van der Waals surface area contributed by atoms with Crippen molar-refractivity contribution in [3.8, 4) is 0 Å². The largest absolute Gasteiger partial charge is 0.352 e. The zero-order valence-electron chi connectivity index (χ0n) is 13.2. The molecule has 5 heteroatoms. The third-order valence-corrected chi connectivity index (χ3v) is 4.84. The molecule has 1 aromatic carbocycles. The Hall–Kier alpha value is -0.770. The minimum absolute atomic E-state index is 0.0168. The van der Waals surface area contributed by atoms with Gasteiger partial charge in [0.1, 0.15) is 0 Å². The number of rotatable bonds is 5. The molecule has 0 aliphatic heterocycles. The van der Waals surface area contributed by atoms with Crippen LogP contribution in [0.25, 0.3) is 0 Å². The molecule has 0 radical (unpaired) electrons. The van der Waals surface area contributed by atoms with Gasteiger partial charge in [-0.25, -0.2) is 0 Å². The minimum atomic E-state index is -0.260. The first-order valence-corrected chi connectivity index (χ1v) is 8.74. The van der Waals surface area contributed by atoms with Gasteiger partial charge in [-0.2, -0.15) is 0 Å². The van der Waals surface area contributed by atoms with Gasteiger partial charge in [0.15, 0.2) is 0 Å². The first kappa shape index (κ1) is 17.6. The number of benzene rings is 1. The number of nitrogens with one attached hydrogen (secondary N) is 2. The van der Waals surface area contributed by atoms with Gasteiger partial charge in [0.2, 0.25) is 5.91 Å². The molecule has 2 atom stereocenters. The van der Waals surface area contributed by atoms with Crippen molar-refractivity contribution in [2.24, 2.45) is 0 Å². The van der Waals surface area contributed by atoms with Crippen molar-refractivity contribution in [2.45, 2.75) is 64.1 Å². The Labute approximate surface area is 142 Å². The minimum Gasteiger partial charge on any atom is -0.352 e. The molecule has 0 heterocycles. The molecule has 3 nitrogen and oxygen atoms in total. The van der Waals surface area contributed by atoms with Crippen LogP contribution < -0.4 is 10.6 Å². The fourth-order valence-corrected chi connectivity index (χ4v) is 3.54. The summed E-state index contributed by atoms with van der Waals surface area (Å²) in [4.78, 5) is 12.3. The normalized spacial score (nSPS) is 18.7. The quantitative estimate of drug-likeness (QED) is 0.828. The van der Waals surface area contributed by atoms with E-state index in [-0.39, 0.29) is 18.0 Å². The average molecular weight is 343 g/mol. The summed E-state index contributed by atoms with van der Waals surface area (Å²) >= 11 is 12.1. The number of hydrogen-bond donors (Lipinski definition) is 2. The summed E-state index contributed by atoms with van der Waals surface area (Å²) in [5, 5.41) is 7.68. The van der Waals surface area contributed by atoms with E-state index in [1.807, 2.05) is 26.0 Å². The van der Waals surface area contributed by atoms with Crippen molar-refractivity contribution in [3.63, 3.8) is 0 Å². The predicted molar refractivity (Wildman–Crippen MR) is 92.5 cm³/mol. The van der Waals surface area contributed by atoms with Crippen LogP contribution in [0.2, 0.25) is 10.0 Å². The summed E-state index contributed by atoms with van der Waals surface area (Å²) in [5.74, 6) is 0.0591. The van der Waals surface area contributed by atoms with Crippen LogP contribution in [-0.2, 0) is 4.79 Å². The fourth-order valence-electron chi connectivity index (χ4n) is 2.97. The van der Waals surface area contributed by atoms with Crippen LogP contribution in [0.4, 0.5) is 0 Å². The molecule has 0 bridgehead atoms. The van der Waals surface area contributed by atoms with E-state index in [2.05, 4.69) is 10.6 Å². The van der Waals surface area contributed by atoms with Crippen LogP contribution in [0.15, 0.2) is 18.2 Å². The van der Waals surface area contributed by atoms with Crippen LogP contribution in [0.5, 0.6) is 0 Å². The molecule has 2 N–H and O–H groups in total. The Bertz CT molecular complexity index is 515. The molecular weight excluding hydrogens is 319 g/mol. The Morgan fingerprint density at radius 1 is 1.18 bits per heavy atom. The molecule has 0 unspecified atom stereocenters. The summed E-state index contributed by atoms with van der Waals surface area (Å²) in [6.45, 7) is 3.89. The molecule has 2 rings (SSSR count). The number of carbonyl (C=O) groups is 1. The lowest BCUT2D eigenvalue weighted by Gasteiger charge is -2.26. The highest BCUT2D eigenvalue weighted by molar-refractivity contribution is 6.35. The molecule has 0 spiro atoms. The highest BCUT2D eigenvalue weighted by atomic mass is 35.5. The number of carbonyl (C=O) groups excluding carboxylic acids is 1. The number of halogens is 2. The summed E-state index contributed by atoms with van der Waals surface area (Å²) in [5.41, 5.74) is 0.948. The Kier molecular flexibility index (Phi) is 6.54. The van der Waals surface area contributed by atoms with Crippen LogP contribution in [-0.4, -0.2) is 18.0 Å². The highest BCUT2D eigenvalue weighted by Gasteiger charge is 2.21. The van der Waals surface area contributed by atoms with Gasteiger partial charge in [-0.15, -0.1) is 0 Å². The third kappa shape index (κ3) is 4.87. The van der Waals surface area contributed by atoms with Gasteiger partial charge in [0.25, 0.3) is 0 Å². The highest BCUT2D eigenvalue weighted by Crippen LogP contribution is 2.26. The standard InChI is InChI=1S/C17H24Cl2N2O/c1-11(15-9-8-13(18)10-16(15)19)20-12(2)17(22)21-14-6-4-3-5-7-14/h8-12,14,20H,3-7H2,1-2H3,(H,21,22)/t11-,12-/m0/s1. The van der Waals surface area contributed by atoms with Gasteiger partial charge in [0.05, 0.1) is 6.04 Å². The van der Waals surface area contributed by atoms with Crippen LogP contribution in [0.1, 0.15) is 57.6 Å². The van der Waals surface area contributed by atoms with Crippen LogP contribution in [0, 0.1) is 0 Å². The molecule has 1 amide bonds. The van der Waals surface area contributed by atoms with Crippen molar-refractivity contribution >= 4 is 29.1 Å². The topological polar surface area (TPSA) is 41.1 Å². The molecule has 122 valence electrons. The van der Waals surface area contributed by atoms with Crippen molar-refractivity contribution in [1.29, 1.82) is 0 Å². The lowest BCUT2D eigenvalue weighted by Crippen LogP contribution is -2.47. The van der Waals surface area contributed by atoms with E-state index in [4.69, 9.17) is 23.2 Å². The number of amides is 1. The van der Waals surface area contributed by atoms with Crippen molar-refractivity contribution < 1.29 is 4.79 Å². The maximum atomic E-state index is 12.3. The first-order valence-electron chi connectivity index (χ1n) is 7.98. The van der Waals surface area contributed by atoms with Gasteiger partial charge in [-0.3, -0.25) is 10.1 Å². The Morgan fingerprint density at radius 2 is 1.86 bits per heavy atom. The predicted octanol–water partition coefficient (Wildman–Crippen LogP) is 4.48. The molecule has 0 aromatic heterocycles. The summed E-state index contributed by atoms with van der Waals surface area (Å²) in [7, 11) is 0. The van der Waals surface area contributed by atoms with Crippen molar-refractivity contribution in [2.75, 3.05) is 0 Å². The van der Waals surface area contributed by atoms with Gasteiger partial charge in [0, 0.05) is 22.1 Å². The third-order valence-electron chi connectivity index (χ3n) is 4.27. The molecule has 0 saturated heterocycles. The summed E-state index contributed by atoms with van der Waals surface area (Å²) in [6.07, 6.45) is 5.90. The number of hydrogen-bond acceptors (Lipinski definition) is 2. The molecule has 1 saturated carbocycles. The van der Waals surface area contributed by atoms with Gasteiger partial charge in [-0.1, -0.05) is 48.5 Å². The van der Waals surface area contributed by atoms with E-state index in [1.54, 1.807) is 6.07 Å². The first-order chi connectivity index (χ1) is 10.5. The second kappa shape index (κ2) is 8.19. The Balaban J connectivity index is 1.89. The summed E-state index contributed by atoms with van der Waals surface area (Å²) in [6, 6.07) is 5.49. The molecule has 1 aromatic rings. The van der Waals surface area contributed by atoms with Crippen LogP contribution in [0.3, 0.4) is 0 Å². The lowest BCUT2D eigenvalue weighted by atomic mass is 9.95. The average Bonchev–Trinajstić information content (AvgIpc) is 2.47. The SMILES string of the molecule is C[C@H](N[C@@H](C)c1ccc(Cl)cc1Cl)C(=O)NC1CCCCC1. The maximum Gasteiger partial charge on any atom is 0.237 e. The zero-order chi connectivity index (χ0) is 16.1. The zero-order valence-corrected chi connectivity index (χ0v) is 14.7. The fraction of sp³-hybridized carbons (Fsp3) is 0.588. The molecule has 1 aliphatic carbocycles. The van der Waals surface area contributed by atoms with E-state index >= 15 is 0 Å². The van der Waals surface area contributed by atoms with Crippen molar-refractivity contribution in [1.82, 2.24) is 10.6 Å². The summed E-state index contributed by atoms with van der Waals surface area (Å²) < 4.78 is 0. The lowest BCUT2D eigenvalue weighted by molar-refractivity contribution is -0.123. The maximum absolute atomic E-state index is 12.3. The Morgan fingerprint density at radius 3 is 2.50 bits per heavy atom.